The van der Waals surface area contributed by atoms with Crippen LogP contribution in [0.25, 0.3) is 5.65 Å². The molecule has 7 heteroatoms. The molecule has 2 heterocycles. The van der Waals surface area contributed by atoms with Crippen molar-refractivity contribution in [3.05, 3.63) is 95.2 Å². The van der Waals surface area contributed by atoms with Gasteiger partial charge in [0, 0.05) is 33.6 Å². The maximum atomic E-state index is 13.8. The van der Waals surface area contributed by atoms with Gasteiger partial charge in [-0.25, -0.2) is 9.37 Å². The molecular formula is C21H15ClFN3OS. The molecule has 4 nitrogen and oxygen atoms in total. The summed E-state index contributed by atoms with van der Waals surface area (Å²) in [7, 11) is 0. The Labute approximate surface area is 170 Å². The van der Waals surface area contributed by atoms with Crippen molar-refractivity contribution in [2.45, 2.75) is 10.6 Å². The maximum Gasteiger partial charge on any atom is 0.255 e. The Bertz CT molecular complexity index is 1110. The summed E-state index contributed by atoms with van der Waals surface area (Å²) >= 11 is 7.36. The number of benzene rings is 2. The maximum absolute atomic E-state index is 13.8. The molecule has 0 fully saturated rings. The molecule has 28 heavy (non-hydrogen) atoms. The third-order valence-corrected chi connectivity index (χ3v) is 5.38. The van der Waals surface area contributed by atoms with Crippen LogP contribution in [0, 0.1) is 5.82 Å². The average Bonchev–Trinajstić information content (AvgIpc) is 3.12. The van der Waals surface area contributed by atoms with Gasteiger partial charge in [0.25, 0.3) is 5.91 Å². The highest BCUT2D eigenvalue weighted by atomic mass is 35.5. The van der Waals surface area contributed by atoms with Crippen LogP contribution in [-0.4, -0.2) is 15.3 Å². The molecule has 0 radical (unpaired) electrons. The number of nitrogens with zero attached hydrogens (tertiary/aromatic N) is 2. The Kier molecular flexibility index (Phi) is 5.32. The van der Waals surface area contributed by atoms with Crippen molar-refractivity contribution in [3.8, 4) is 0 Å². The highest BCUT2D eigenvalue weighted by Gasteiger charge is 2.10. The van der Waals surface area contributed by atoms with E-state index in [-0.39, 0.29) is 16.6 Å². The summed E-state index contributed by atoms with van der Waals surface area (Å²) in [5.41, 5.74) is 2.45. The van der Waals surface area contributed by atoms with Crippen molar-refractivity contribution >= 4 is 40.6 Å². The molecule has 0 aliphatic rings. The number of carbonyl (C=O) groups excluding carboxylic acids is 1. The molecule has 1 amide bonds. The van der Waals surface area contributed by atoms with E-state index in [2.05, 4.69) is 10.3 Å². The predicted octanol–water partition coefficient (Wildman–Crippen LogP) is 5.67. The fraction of sp³-hybridized carbons (Fsp3) is 0.0476. The fourth-order valence-electron chi connectivity index (χ4n) is 2.70. The first-order chi connectivity index (χ1) is 13.6. The second-order valence-corrected chi connectivity index (χ2v) is 7.57. The molecule has 1 N–H and O–H groups in total. The smallest absolute Gasteiger partial charge is 0.255 e. The van der Waals surface area contributed by atoms with Crippen LogP contribution in [0.3, 0.4) is 0 Å². The van der Waals surface area contributed by atoms with E-state index in [4.69, 9.17) is 11.6 Å². The number of hydrogen-bond acceptors (Lipinski definition) is 3. The number of anilines is 1. The van der Waals surface area contributed by atoms with Crippen LogP contribution < -0.4 is 5.32 Å². The summed E-state index contributed by atoms with van der Waals surface area (Å²) in [6.07, 6.45) is 3.97. The SMILES string of the molecule is O=C(Nc1ccc(Cl)cc1F)c1ccc(SCc2cn3ccccc3n2)cc1. The number of carbonyl (C=O) groups is 1. The Morgan fingerprint density at radius 3 is 2.71 bits per heavy atom. The Morgan fingerprint density at radius 2 is 1.96 bits per heavy atom. The lowest BCUT2D eigenvalue weighted by Crippen LogP contribution is -2.12. The van der Waals surface area contributed by atoms with Gasteiger partial charge in [-0.15, -0.1) is 11.8 Å². The van der Waals surface area contributed by atoms with E-state index < -0.39 is 5.82 Å². The first-order valence-electron chi connectivity index (χ1n) is 8.50. The number of rotatable bonds is 5. The summed E-state index contributed by atoms with van der Waals surface area (Å²) in [6.45, 7) is 0. The number of amides is 1. The number of halogens is 2. The number of nitrogens with one attached hydrogen (secondary N) is 1. The number of hydrogen-bond donors (Lipinski definition) is 1. The second kappa shape index (κ2) is 8.04. The third-order valence-electron chi connectivity index (χ3n) is 4.10. The predicted molar refractivity (Wildman–Crippen MR) is 111 cm³/mol. The molecule has 0 aliphatic carbocycles. The van der Waals surface area contributed by atoms with E-state index in [1.807, 2.05) is 47.1 Å². The molecular weight excluding hydrogens is 397 g/mol. The zero-order chi connectivity index (χ0) is 19.5. The van der Waals surface area contributed by atoms with Crippen molar-refractivity contribution in [3.63, 3.8) is 0 Å². The molecule has 0 aliphatic heterocycles. The first-order valence-corrected chi connectivity index (χ1v) is 9.87. The quantitative estimate of drug-likeness (QED) is 0.430. The standard InChI is InChI=1S/C21H15ClFN3OS/c22-15-6-9-19(18(23)11-15)25-21(27)14-4-7-17(8-5-14)28-13-16-12-26-10-2-1-3-20(26)24-16/h1-12H,13H2,(H,25,27). The largest absolute Gasteiger partial charge is 0.319 e. The molecule has 0 atom stereocenters. The van der Waals surface area contributed by atoms with Gasteiger partial charge < -0.3 is 9.72 Å². The van der Waals surface area contributed by atoms with Crippen molar-refractivity contribution in [1.29, 1.82) is 0 Å². The van der Waals surface area contributed by atoms with Crippen LogP contribution in [0.1, 0.15) is 16.1 Å². The Morgan fingerprint density at radius 1 is 1.14 bits per heavy atom. The van der Waals surface area contributed by atoms with E-state index in [1.54, 1.807) is 23.9 Å². The Hall–Kier alpha value is -2.83. The van der Waals surface area contributed by atoms with Gasteiger partial charge in [-0.2, -0.15) is 0 Å². The molecule has 0 saturated heterocycles. The average molecular weight is 412 g/mol. The summed E-state index contributed by atoms with van der Waals surface area (Å²) < 4.78 is 15.8. The Balaban J connectivity index is 1.39. The van der Waals surface area contributed by atoms with Crippen molar-refractivity contribution in [1.82, 2.24) is 9.38 Å². The van der Waals surface area contributed by atoms with E-state index in [9.17, 15) is 9.18 Å². The number of aromatic nitrogens is 2. The van der Waals surface area contributed by atoms with Gasteiger partial charge in [0.2, 0.25) is 0 Å². The molecule has 4 rings (SSSR count). The van der Waals surface area contributed by atoms with E-state index in [0.29, 0.717) is 5.56 Å². The van der Waals surface area contributed by atoms with E-state index >= 15 is 0 Å². The van der Waals surface area contributed by atoms with Crippen molar-refractivity contribution in [2.24, 2.45) is 0 Å². The fourth-order valence-corrected chi connectivity index (χ4v) is 3.64. The molecule has 0 spiro atoms. The minimum atomic E-state index is -0.569. The van der Waals surface area contributed by atoms with E-state index in [0.717, 1.165) is 28.1 Å². The summed E-state index contributed by atoms with van der Waals surface area (Å²) in [5.74, 6) is -0.220. The summed E-state index contributed by atoms with van der Waals surface area (Å²) in [5, 5.41) is 2.83. The van der Waals surface area contributed by atoms with Crippen LogP contribution in [0.4, 0.5) is 10.1 Å². The minimum Gasteiger partial charge on any atom is -0.319 e. The van der Waals surface area contributed by atoms with Gasteiger partial charge >= 0.3 is 0 Å². The molecule has 140 valence electrons. The van der Waals surface area contributed by atoms with Crippen LogP contribution in [0.2, 0.25) is 5.02 Å². The van der Waals surface area contributed by atoms with Crippen LogP contribution in [0.15, 0.2) is 78.0 Å². The number of thioether (sulfide) groups is 1. The van der Waals surface area contributed by atoms with Crippen LogP contribution in [-0.2, 0) is 5.75 Å². The zero-order valence-electron chi connectivity index (χ0n) is 14.6. The van der Waals surface area contributed by atoms with Gasteiger partial charge in [0.05, 0.1) is 11.4 Å². The minimum absolute atomic E-state index is 0.0969. The van der Waals surface area contributed by atoms with E-state index in [1.165, 1.54) is 12.1 Å². The van der Waals surface area contributed by atoms with Crippen molar-refractivity contribution < 1.29 is 9.18 Å². The third kappa shape index (κ3) is 4.18. The summed E-state index contributed by atoms with van der Waals surface area (Å²) in [4.78, 5) is 17.9. The summed E-state index contributed by atoms with van der Waals surface area (Å²) in [6, 6.07) is 17.2. The first kappa shape index (κ1) is 18.5. The van der Waals surface area contributed by atoms with Crippen LogP contribution in [0.5, 0.6) is 0 Å². The molecule has 2 aromatic carbocycles. The second-order valence-electron chi connectivity index (χ2n) is 6.09. The molecule has 0 saturated carbocycles. The highest BCUT2D eigenvalue weighted by Crippen LogP contribution is 2.24. The molecule has 4 aromatic rings. The van der Waals surface area contributed by atoms with Gasteiger partial charge in [-0.3, -0.25) is 4.79 Å². The molecule has 0 unspecified atom stereocenters. The van der Waals surface area contributed by atoms with Crippen molar-refractivity contribution in [2.75, 3.05) is 5.32 Å². The van der Waals surface area contributed by atoms with Gasteiger partial charge in [0.1, 0.15) is 11.5 Å². The monoisotopic (exact) mass is 411 g/mol. The number of imidazole rings is 1. The lowest BCUT2D eigenvalue weighted by molar-refractivity contribution is 0.102. The normalized spacial score (nSPS) is 10.9. The number of pyridine rings is 1. The molecule has 2 aromatic heterocycles. The number of fused-ring (bicyclic) bond motifs is 1. The van der Waals surface area contributed by atoms with Gasteiger partial charge in [-0.05, 0) is 54.6 Å². The van der Waals surface area contributed by atoms with Crippen LogP contribution >= 0.6 is 23.4 Å². The van der Waals surface area contributed by atoms with Gasteiger partial charge in [0.15, 0.2) is 0 Å². The topological polar surface area (TPSA) is 46.4 Å². The lowest BCUT2D eigenvalue weighted by atomic mass is 10.2. The molecule has 0 bridgehead atoms. The highest BCUT2D eigenvalue weighted by molar-refractivity contribution is 7.98. The zero-order valence-corrected chi connectivity index (χ0v) is 16.2. The lowest BCUT2D eigenvalue weighted by Gasteiger charge is -2.07. The van der Waals surface area contributed by atoms with Gasteiger partial charge in [-0.1, -0.05) is 17.7 Å².